The molecule has 0 atom stereocenters. The lowest BCUT2D eigenvalue weighted by atomic mass is 9.97. The monoisotopic (exact) mass is 482 g/mol. The lowest BCUT2D eigenvalue weighted by Crippen LogP contribution is -2.40. The second kappa shape index (κ2) is 10.9. The fraction of sp³-hybridized carbons (Fsp3) is 0.400. The number of tetrazole rings is 1. The lowest BCUT2D eigenvalue weighted by Gasteiger charge is -2.23. The first-order chi connectivity index (χ1) is 15.7. The van der Waals surface area contributed by atoms with Gasteiger partial charge >= 0.3 is 0 Å². The Morgan fingerprint density at radius 3 is 2.38 bits per heavy atom. The van der Waals surface area contributed by atoms with Gasteiger partial charge in [-0.2, -0.15) is 0 Å². The highest BCUT2D eigenvalue weighted by atomic mass is 35.5. The fourth-order valence-electron chi connectivity index (χ4n) is 4.88. The number of carbonyl (C=O) groups is 1. The van der Waals surface area contributed by atoms with E-state index in [0.717, 1.165) is 73.0 Å². The number of amides is 1. The third kappa shape index (κ3) is 4.74. The van der Waals surface area contributed by atoms with Crippen molar-refractivity contribution < 1.29 is 10.3 Å². The predicted molar refractivity (Wildman–Crippen MR) is 135 cm³/mol. The Bertz CT molecular complexity index is 1120. The molecule has 0 unspecified atom stereocenters. The standard InChI is InChI=1S/C25H28N6O.ClH.H2O/c1-2-3-10-22-26-25(15-6-7-16-25)24(32)31(22)17-18-11-13-19(14-12-18)20-8-4-5-9-21(20)23-27-29-30-28-23;;/h4-5,8-9,11-14H,2-3,6-7,10,15-17H2,1H3,(H,27,28,29,30);1H;1H2. The van der Waals surface area contributed by atoms with E-state index in [0.29, 0.717) is 12.4 Å². The minimum atomic E-state index is -0.479. The van der Waals surface area contributed by atoms with Crippen molar-refractivity contribution in [1.82, 2.24) is 25.5 Å². The number of hydrogen-bond donors (Lipinski definition) is 1. The van der Waals surface area contributed by atoms with E-state index in [2.05, 4.69) is 57.9 Å². The van der Waals surface area contributed by atoms with E-state index in [1.54, 1.807) is 0 Å². The summed E-state index contributed by atoms with van der Waals surface area (Å²) in [6.45, 7) is 2.76. The Hall–Kier alpha value is -3.10. The summed E-state index contributed by atoms with van der Waals surface area (Å²) in [5, 5.41) is 14.3. The van der Waals surface area contributed by atoms with Crippen LogP contribution in [-0.4, -0.2) is 48.3 Å². The van der Waals surface area contributed by atoms with Crippen molar-refractivity contribution in [3.8, 4) is 22.5 Å². The van der Waals surface area contributed by atoms with Crippen LogP contribution in [0.4, 0.5) is 0 Å². The largest absolute Gasteiger partial charge is 0.412 e. The topological polar surface area (TPSA) is 119 Å². The maximum Gasteiger partial charge on any atom is 0.256 e. The number of hydrogen-bond acceptors (Lipinski definition) is 5. The Labute approximate surface area is 205 Å². The van der Waals surface area contributed by atoms with Gasteiger partial charge in [0.05, 0.1) is 6.54 Å². The molecule has 2 aliphatic rings. The second-order valence-corrected chi connectivity index (χ2v) is 8.75. The van der Waals surface area contributed by atoms with E-state index in [4.69, 9.17) is 4.99 Å². The van der Waals surface area contributed by atoms with Gasteiger partial charge in [-0.3, -0.25) is 14.7 Å². The van der Waals surface area contributed by atoms with Crippen molar-refractivity contribution >= 4 is 24.1 Å². The minimum Gasteiger partial charge on any atom is -0.412 e. The van der Waals surface area contributed by atoms with Gasteiger partial charge in [0, 0.05) is 12.0 Å². The molecule has 1 spiro atoms. The van der Waals surface area contributed by atoms with Crippen LogP contribution in [0.2, 0.25) is 0 Å². The van der Waals surface area contributed by atoms with Crippen LogP contribution in [0.1, 0.15) is 57.4 Å². The zero-order valence-electron chi connectivity index (χ0n) is 19.3. The normalized spacial score (nSPS) is 16.3. The number of nitrogens with one attached hydrogen (secondary N) is 1. The number of nitrogens with zero attached hydrogens (tertiary/aromatic N) is 5. The maximum atomic E-state index is 13.4. The summed E-state index contributed by atoms with van der Waals surface area (Å²) in [5.41, 5.74) is 3.73. The molecule has 9 heteroatoms. The number of unbranched alkanes of at least 4 members (excludes halogenated alkanes) is 1. The van der Waals surface area contributed by atoms with Crippen LogP contribution >= 0.6 is 12.4 Å². The molecule has 2 heterocycles. The average Bonchev–Trinajstić information content (AvgIpc) is 3.58. The zero-order valence-corrected chi connectivity index (χ0v) is 20.1. The predicted octanol–water partition coefficient (Wildman–Crippen LogP) is 4.37. The lowest BCUT2D eigenvalue weighted by molar-refractivity contribution is -0.131. The highest BCUT2D eigenvalue weighted by Crippen LogP contribution is 2.40. The molecule has 180 valence electrons. The summed E-state index contributed by atoms with van der Waals surface area (Å²) in [6.07, 6.45) is 7.01. The quantitative estimate of drug-likeness (QED) is 0.537. The summed E-state index contributed by atoms with van der Waals surface area (Å²) in [6, 6.07) is 16.5. The first kappa shape index (κ1) is 25.5. The first-order valence-corrected chi connectivity index (χ1v) is 11.5. The Morgan fingerprint density at radius 1 is 1.03 bits per heavy atom. The highest BCUT2D eigenvalue weighted by Gasteiger charge is 2.49. The second-order valence-electron chi connectivity index (χ2n) is 8.75. The number of halogens is 1. The molecule has 5 rings (SSSR count). The minimum absolute atomic E-state index is 0. The first-order valence-electron chi connectivity index (χ1n) is 11.5. The van der Waals surface area contributed by atoms with Crippen LogP contribution in [0.5, 0.6) is 0 Å². The van der Waals surface area contributed by atoms with E-state index in [1.165, 1.54) is 0 Å². The molecule has 34 heavy (non-hydrogen) atoms. The molecule has 1 saturated carbocycles. The van der Waals surface area contributed by atoms with Crippen LogP contribution in [0, 0.1) is 0 Å². The van der Waals surface area contributed by atoms with Gasteiger partial charge in [0.2, 0.25) is 0 Å². The number of carbonyl (C=O) groups excluding carboxylic acids is 1. The fourth-order valence-corrected chi connectivity index (χ4v) is 4.88. The molecule has 0 bridgehead atoms. The van der Waals surface area contributed by atoms with E-state index in [-0.39, 0.29) is 23.8 Å². The van der Waals surface area contributed by atoms with Crippen molar-refractivity contribution in [2.75, 3.05) is 0 Å². The number of benzene rings is 2. The molecule has 0 radical (unpaired) electrons. The summed E-state index contributed by atoms with van der Waals surface area (Å²) < 4.78 is 0. The van der Waals surface area contributed by atoms with E-state index < -0.39 is 5.54 Å². The van der Waals surface area contributed by atoms with Crippen LogP contribution in [-0.2, 0) is 11.3 Å². The molecular formula is C25H31ClN6O2. The van der Waals surface area contributed by atoms with Crippen LogP contribution in [0.25, 0.3) is 22.5 Å². The van der Waals surface area contributed by atoms with Gasteiger partial charge in [-0.15, -0.1) is 17.5 Å². The van der Waals surface area contributed by atoms with E-state index in [9.17, 15) is 4.79 Å². The van der Waals surface area contributed by atoms with Crippen LogP contribution < -0.4 is 0 Å². The van der Waals surface area contributed by atoms with Gasteiger partial charge in [0.25, 0.3) is 5.91 Å². The van der Waals surface area contributed by atoms with Crippen molar-refractivity contribution in [3.63, 3.8) is 0 Å². The van der Waals surface area contributed by atoms with Gasteiger partial charge in [0.1, 0.15) is 11.4 Å². The molecule has 0 saturated heterocycles. The molecule has 1 fully saturated rings. The molecule has 1 aliphatic heterocycles. The summed E-state index contributed by atoms with van der Waals surface area (Å²) >= 11 is 0. The van der Waals surface area contributed by atoms with Crippen LogP contribution in [0.15, 0.2) is 53.5 Å². The zero-order chi connectivity index (χ0) is 22.0. The van der Waals surface area contributed by atoms with E-state index in [1.807, 2.05) is 23.1 Å². The van der Waals surface area contributed by atoms with Gasteiger partial charge in [-0.05, 0) is 46.4 Å². The number of amidine groups is 1. The number of H-pyrrole nitrogens is 1. The number of aromatic amines is 1. The number of rotatable bonds is 7. The van der Waals surface area contributed by atoms with Crippen molar-refractivity contribution in [1.29, 1.82) is 0 Å². The maximum absolute atomic E-state index is 13.4. The van der Waals surface area contributed by atoms with Gasteiger partial charge < -0.3 is 5.48 Å². The highest BCUT2D eigenvalue weighted by molar-refractivity contribution is 6.08. The van der Waals surface area contributed by atoms with Gasteiger partial charge in [-0.25, -0.2) is 5.10 Å². The van der Waals surface area contributed by atoms with Gasteiger partial charge in [0.15, 0.2) is 5.82 Å². The molecule has 1 aromatic heterocycles. The van der Waals surface area contributed by atoms with Crippen LogP contribution in [0.3, 0.4) is 0 Å². The molecule has 3 N–H and O–H groups in total. The molecule has 3 aromatic rings. The SMILES string of the molecule is CCCCC1=NC2(CCCC2)C(=O)N1Cc1ccc(-c2ccccc2-c2nnn[nH]2)cc1.Cl.O. The van der Waals surface area contributed by atoms with Crippen molar-refractivity contribution in [2.24, 2.45) is 4.99 Å². The third-order valence-corrected chi connectivity index (χ3v) is 6.62. The number of aliphatic imine (C=N–C) groups is 1. The Kier molecular flexibility index (Phi) is 8.17. The summed E-state index contributed by atoms with van der Waals surface area (Å²) in [7, 11) is 0. The molecule has 1 aliphatic carbocycles. The Morgan fingerprint density at radius 2 is 1.74 bits per heavy atom. The Balaban J connectivity index is 0.00000162. The average molecular weight is 483 g/mol. The molecule has 1 amide bonds. The van der Waals surface area contributed by atoms with Gasteiger partial charge in [-0.1, -0.05) is 74.7 Å². The van der Waals surface area contributed by atoms with Crippen molar-refractivity contribution in [3.05, 3.63) is 54.1 Å². The summed E-state index contributed by atoms with van der Waals surface area (Å²) in [4.78, 5) is 20.3. The number of aromatic nitrogens is 4. The molecule has 8 nitrogen and oxygen atoms in total. The molecular weight excluding hydrogens is 452 g/mol. The third-order valence-electron chi connectivity index (χ3n) is 6.62. The smallest absolute Gasteiger partial charge is 0.256 e. The van der Waals surface area contributed by atoms with E-state index >= 15 is 0 Å². The molecule has 2 aromatic carbocycles. The summed E-state index contributed by atoms with van der Waals surface area (Å²) in [5.74, 6) is 1.82. The van der Waals surface area contributed by atoms with Crippen molar-refractivity contribution in [2.45, 2.75) is 64.0 Å².